The number of halogens is 3. The summed E-state index contributed by atoms with van der Waals surface area (Å²) >= 11 is 0. The summed E-state index contributed by atoms with van der Waals surface area (Å²) in [6, 6.07) is 4.01. The zero-order valence-corrected chi connectivity index (χ0v) is 16.7. The molecule has 2 aromatic carbocycles. The first-order valence-corrected chi connectivity index (χ1v) is 10.7. The van der Waals surface area contributed by atoms with Gasteiger partial charge in [-0.1, -0.05) is 32.3 Å². The number of aromatic carboxylic acids is 1. The van der Waals surface area contributed by atoms with E-state index in [1.807, 2.05) is 0 Å². The predicted octanol–water partition coefficient (Wildman–Crippen LogP) is 7.06. The molecule has 4 atom stereocenters. The number of rotatable bonds is 4. The van der Waals surface area contributed by atoms with Crippen LogP contribution in [0.4, 0.5) is 13.2 Å². The molecule has 2 nitrogen and oxygen atoms in total. The Morgan fingerprint density at radius 2 is 1.72 bits per heavy atom. The fraction of sp³-hybridized carbons (Fsp3) is 0.542. The van der Waals surface area contributed by atoms with Crippen molar-refractivity contribution in [3.05, 3.63) is 46.8 Å². The Labute approximate surface area is 169 Å². The van der Waals surface area contributed by atoms with Gasteiger partial charge in [0.15, 0.2) is 11.6 Å². The fourth-order valence-electron chi connectivity index (χ4n) is 5.80. The molecule has 2 fully saturated rings. The molecule has 4 rings (SSSR count). The maximum absolute atomic E-state index is 14.9. The zero-order chi connectivity index (χ0) is 20.7. The van der Waals surface area contributed by atoms with Gasteiger partial charge < -0.3 is 5.11 Å². The van der Waals surface area contributed by atoms with E-state index < -0.39 is 34.4 Å². The van der Waals surface area contributed by atoms with Gasteiger partial charge in [-0.05, 0) is 78.9 Å². The van der Waals surface area contributed by atoms with Crippen molar-refractivity contribution in [3.8, 4) is 0 Å². The lowest BCUT2D eigenvalue weighted by molar-refractivity contribution is 0.0692. The Morgan fingerprint density at radius 1 is 1.00 bits per heavy atom. The minimum Gasteiger partial charge on any atom is -0.478 e. The molecule has 1 N–H and O–H groups in total. The number of hydrogen-bond acceptors (Lipinski definition) is 1. The third-order valence-corrected chi connectivity index (χ3v) is 7.24. The molecule has 0 heterocycles. The van der Waals surface area contributed by atoms with Gasteiger partial charge in [-0.25, -0.2) is 18.0 Å². The SMILES string of the molecule is CCCC1CCC2CC(c3cc4ccc(C(=O)O)c(F)c4c(F)c3F)CCC2C1. The Kier molecular flexibility index (Phi) is 5.58. The van der Waals surface area contributed by atoms with Crippen LogP contribution in [0.1, 0.15) is 80.1 Å². The monoisotopic (exact) mass is 404 g/mol. The summed E-state index contributed by atoms with van der Waals surface area (Å²) in [6.45, 7) is 2.22. The van der Waals surface area contributed by atoms with Crippen molar-refractivity contribution >= 4 is 16.7 Å². The highest BCUT2D eigenvalue weighted by Gasteiger charge is 2.37. The van der Waals surface area contributed by atoms with Gasteiger partial charge in [0.05, 0.1) is 10.9 Å². The average molecular weight is 404 g/mol. The first-order chi connectivity index (χ1) is 13.9. The highest BCUT2D eigenvalue weighted by atomic mass is 19.2. The van der Waals surface area contributed by atoms with Crippen LogP contribution in [0.25, 0.3) is 10.8 Å². The minimum atomic E-state index is -1.50. The van der Waals surface area contributed by atoms with Gasteiger partial charge in [0.25, 0.3) is 0 Å². The molecule has 29 heavy (non-hydrogen) atoms. The maximum Gasteiger partial charge on any atom is 0.338 e. The van der Waals surface area contributed by atoms with Crippen molar-refractivity contribution in [2.75, 3.05) is 0 Å². The lowest BCUT2D eigenvalue weighted by Gasteiger charge is -2.42. The lowest BCUT2D eigenvalue weighted by Crippen LogP contribution is -2.30. The molecule has 0 spiro atoms. The Hall–Kier alpha value is -2.04. The molecule has 5 heteroatoms. The number of carboxylic acids is 1. The van der Waals surface area contributed by atoms with Crippen LogP contribution in [0.5, 0.6) is 0 Å². The molecule has 4 unspecified atom stereocenters. The molecule has 2 saturated carbocycles. The number of hydrogen-bond donors (Lipinski definition) is 1. The summed E-state index contributed by atoms with van der Waals surface area (Å²) in [4.78, 5) is 11.1. The van der Waals surface area contributed by atoms with Gasteiger partial charge in [-0.3, -0.25) is 0 Å². The summed E-state index contributed by atoms with van der Waals surface area (Å²) in [7, 11) is 0. The normalized spacial score (nSPS) is 27.0. The van der Waals surface area contributed by atoms with Crippen molar-refractivity contribution in [1.82, 2.24) is 0 Å². The number of carbonyl (C=O) groups is 1. The third-order valence-electron chi connectivity index (χ3n) is 7.24. The molecule has 0 amide bonds. The highest BCUT2D eigenvalue weighted by molar-refractivity contribution is 5.95. The van der Waals surface area contributed by atoms with Crippen LogP contribution in [-0.4, -0.2) is 11.1 Å². The van der Waals surface area contributed by atoms with Crippen LogP contribution in [0.3, 0.4) is 0 Å². The van der Waals surface area contributed by atoms with E-state index in [1.165, 1.54) is 37.8 Å². The topological polar surface area (TPSA) is 37.3 Å². The van der Waals surface area contributed by atoms with Gasteiger partial charge in [-0.2, -0.15) is 0 Å². The quantitative estimate of drug-likeness (QED) is 0.592. The van der Waals surface area contributed by atoms with Crippen LogP contribution >= 0.6 is 0 Å². The Balaban J connectivity index is 1.63. The minimum absolute atomic E-state index is 0.0694. The molecular formula is C24H27F3O2. The van der Waals surface area contributed by atoms with Crippen molar-refractivity contribution in [3.63, 3.8) is 0 Å². The summed E-state index contributed by atoms with van der Waals surface area (Å²) in [6.07, 6.45) is 8.82. The van der Waals surface area contributed by atoms with Crippen molar-refractivity contribution in [2.45, 2.75) is 64.2 Å². The zero-order valence-electron chi connectivity index (χ0n) is 16.7. The molecule has 2 aromatic rings. The van der Waals surface area contributed by atoms with Crippen LogP contribution in [0.2, 0.25) is 0 Å². The molecule has 0 aliphatic heterocycles. The third kappa shape index (κ3) is 3.64. The van der Waals surface area contributed by atoms with Crippen LogP contribution in [0, 0.1) is 35.2 Å². The summed E-state index contributed by atoms with van der Waals surface area (Å²) in [5.74, 6) is -3.04. The number of carboxylic acid groups (broad SMARTS) is 1. The van der Waals surface area contributed by atoms with Gasteiger partial charge >= 0.3 is 5.97 Å². The van der Waals surface area contributed by atoms with Crippen LogP contribution < -0.4 is 0 Å². The smallest absolute Gasteiger partial charge is 0.338 e. The number of fused-ring (bicyclic) bond motifs is 2. The second kappa shape index (κ2) is 8.00. The van der Waals surface area contributed by atoms with Gasteiger partial charge in [-0.15, -0.1) is 0 Å². The number of benzene rings is 2. The predicted molar refractivity (Wildman–Crippen MR) is 107 cm³/mol. The van der Waals surface area contributed by atoms with Crippen molar-refractivity contribution < 1.29 is 23.1 Å². The van der Waals surface area contributed by atoms with Crippen LogP contribution in [0.15, 0.2) is 18.2 Å². The molecule has 2 aliphatic carbocycles. The van der Waals surface area contributed by atoms with Gasteiger partial charge in [0.1, 0.15) is 5.82 Å². The second-order valence-corrected chi connectivity index (χ2v) is 8.92. The summed E-state index contributed by atoms with van der Waals surface area (Å²) < 4.78 is 44.2. The molecule has 2 aliphatic rings. The first-order valence-electron chi connectivity index (χ1n) is 10.7. The molecular weight excluding hydrogens is 377 g/mol. The first kappa shape index (κ1) is 20.2. The van der Waals surface area contributed by atoms with E-state index in [9.17, 15) is 18.0 Å². The fourth-order valence-corrected chi connectivity index (χ4v) is 5.80. The van der Waals surface area contributed by atoms with Crippen molar-refractivity contribution in [2.24, 2.45) is 17.8 Å². The van der Waals surface area contributed by atoms with Gasteiger partial charge in [0, 0.05) is 0 Å². The average Bonchev–Trinajstić information content (AvgIpc) is 2.70. The molecule has 156 valence electrons. The van der Waals surface area contributed by atoms with Crippen LogP contribution in [-0.2, 0) is 0 Å². The van der Waals surface area contributed by atoms with E-state index in [4.69, 9.17) is 5.11 Å². The summed E-state index contributed by atoms with van der Waals surface area (Å²) in [5.41, 5.74) is -0.334. The van der Waals surface area contributed by atoms with E-state index in [0.717, 1.165) is 37.7 Å². The van der Waals surface area contributed by atoms with E-state index >= 15 is 0 Å². The van der Waals surface area contributed by atoms with Gasteiger partial charge in [0.2, 0.25) is 0 Å². The van der Waals surface area contributed by atoms with E-state index in [1.54, 1.807) is 0 Å². The lowest BCUT2D eigenvalue weighted by atomic mass is 9.63. The molecule has 0 bridgehead atoms. The largest absolute Gasteiger partial charge is 0.478 e. The standard InChI is InChI=1S/C24H27F3O2/c1-2-3-13-4-5-15-11-16(7-6-14(15)10-13)19-12-17-8-9-18(24(28)29)21(25)20(17)23(27)22(19)26/h8-9,12-16H,2-7,10-11H2,1H3,(H,28,29). The second-order valence-electron chi connectivity index (χ2n) is 8.92. The Morgan fingerprint density at radius 3 is 2.45 bits per heavy atom. The van der Waals surface area contributed by atoms with E-state index in [0.29, 0.717) is 17.4 Å². The van der Waals surface area contributed by atoms with E-state index in [-0.39, 0.29) is 11.3 Å². The molecule has 0 radical (unpaired) electrons. The maximum atomic E-state index is 14.9. The summed E-state index contributed by atoms with van der Waals surface area (Å²) in [5, 5.41) is 8.70. The molecule has 0 aromatic heterocycles. The highest BCUT2D eigenvalue weighted by Crippen LogP contribution is 2.49. The van der Waals surface area contributed by atoms with Crippen molar-refractivity contribution in [1.29, 1.82) is 0 Å². The molecule has 0 saturated heterocycles. The van der Waals surface area contributed by atoms with E-state index in [2.05, 4.69) is 6.92 Å². The Bertz CT molecular complexity index is 940.